The molecule has 0 bridgehead atoms. The first-order valence-electron chi connectivity index (χ1n) is 7.19. The van der Waals surface area contributed by atoms with E-state index in [1.807, 2.05) is 6.92 Å². The summed E-state index contributed by atoms with van der Waals surface area (Å²) in [6.07, 6.45) is 1.41. The normalized spacial score (nSPS) is 12.2. The highest BCUT2D eigenvalue weighted by molar-refractivity contribution is 7.16. The number of amides is 1. The van der Waals surface area contributed by atoms with E-state index < -0.39 is 5.91 Å². The number of para-hydroxylation sites is 1. The van der Waals surface area contributed by atoms with E-state index in [0.717, 1.165) is 4.70 Å². The van der Waals surface area contributed by atoms with E-state index in [1.165, 1.54) is 23.7 Å². The van der Waals surface area contributed by atoms with E-state index in [9.17, 15) is 9.18 Å². The van der Waals surface area contributed by atoms with E-state index in [4.69, 9.17) is 9.15 Å². The molecule has 0 fully saturated rings. The summed E-state index contributed by atoms with van der Waals surface area (Å²) in [6, 6.07) is 8.00. The maximum absolute atomic E-state index is 14.2. The molecule has 0 aliphatic heterocycles. The molecule has 2 heterocycles. The Hall–Kier alpha value is -2.25. The van der Waals surface area contributed by atoms with Crippen LogP contribution in [0.2, 0.25) is 0 Å². The Morgan fingerprint density at radius 1 is 1.39 bits per heavy atom. The predicted octanol–water partition coefficient (Wildman–Crippen LogP) is 3.21. The van der Waals surface area contributed by atoms with Gasteiger partial charge < -0.3 is 13.7 Å². The van der Waals surface area contributed by atoms with Crippen molar-refractivity contribution in [3.63, 3.8) is 0 Å². The van der Waals surface area contributed by atoms with Gasteiger partial charge >= 0.3 is 5.91 Å². The van der Waals surface area contributed by atoms with Crippen LogP contribution < -0.4 is 4.80 Å². The highest BCUT2D eigenvalue weighted by Gasteiger charge is 2.13. The van der Waals surface area contributed by atoms with Crippen molar-refractivity contribution in [2.75, 3.05) is 13.2 Å². The number of nitrogens with zero attached hydrogens (tertiary/aromatic N) is 2. The molecule has 0 saturated heterocycles. The lowest BCUT2D eigenvalue weighted by molar-refractivity contribution is 0.0970. The molecule has 0 aliphatic carbocycles. The lowest BCUT2D eigenvalue weighted by Crippen LogP contribution is -2.20. The third-order valence-corrected chi connectivity index (χ3v) is 4.29. The topological polar surface area (TPSA) is 56.7 Å². The van der Waals surface area contributed by atoms with Crippen LogP contribution in [-0.4, -0.2) is 23.7 Å². The van der Waals surface area contributed by atoms with Crippen LogP contribution in [0.15, 0.2) is 46.0 Å². The zero-order valence-corrected chi connectivity index (χ0v) is 13.3. The summed E-state index contributed by atoms with van der Waals surface area (Å²) in [5.41, 5.74) is 0.434. The molecule has 1 amide bonds. The van der Waals surface area contributed by atoms with Crippen molar-refractivity contribution < 1.29 is 18.3 Å². The Balaban J connectivity index is 2.09. The van der Waals surface area contributed by atoms with Gasteiger partial charge in [0.2, 0.25) is 0 Å². The van der Waals surface area contributed by atoms with Crippen molar-refractivity contribution in [2.45, 2.75) is 13.5 Å². The second kappa shape index (κ2) is 6.89. The fourth-order valence-corrected chi connectivity index (χ4v) is 3.29. The van der Waals surface area contributed by atoms with E-state index in [0.29, 0.717) is 30.1 Å². The van der Waals surface area contributed by atoms with Crippen molar-refractivity contribution in [1.82, 2.24) is 4.57 Å². The minimum Gasteiger partial charge on any atom is -0.459 e. The number of halogens is 1. The van der Waals surface area contributed by atoms with E-state index in [2.05, 4.69) is 4.99 Å². The molecule has 3 rings (SSSR count). The quantitative estimate of drug-likeness (QED) is 0.673. The van der Waals surface area contributed by atoms with Gasteiger partial charge in [-0.3, -0.25) is 4.79 Å². The second-order valence-corrected chi connectivity index (χ2v) is 5.72. The zero-order valence-electron chi connectivity index (χ0n) is 12.5. The highest BCUT2D eigenvalue weighted by atomic mass is 32.1. The fourth-order valence-electron chi connectivity index (χ4n) is 2.22. The monoisotopic (exact) mass is 334 g/mol. The number of carbonyl (C=O) groups is 1. The molecule has 3 aromatic rings. The summed E-state index contributed by atoms with van der Waals surface area (Å²) in [5, 5.41) is 0. The first-order valence-corrected chi connectivity index (χ1v) is 8.00. The van der Waals surface area contributed by atoms with Crippen molar-refractivity contribution in [2.24, 2.45) is 4.99 Å². The number of carbonyl (C=O) groups excluding carboxylic acids is 1. The maximum atomic E-state index is 14.2. The number of hydrogen-bond acceptors (Lipinski definition) is 4. The molecule has 0 spiro atoms. The largest absolute Gasteiger partial charge is 0.459 e. The van der Waals surface area contributed by atoms with Gasteiger partial charge in [-0.05, 0) is 31.2 Å². The van der Waals surface area contributed by atoms with Crippen molar-refractivity contribution in [3.05, 3.63) is 53.0 Å². The second-order valence-electron chi connectivity index (χ2n) is 4.71. The lowest BCUT2D eigenvalue weighted by Gasteiger charge is -2.05. The van der Waals surface area contributed by atoms with Crippen LogP contribution in [0.3, 0.4) is 0 Å². The lowest BCUT2D eigenvalue weighted by atomic mass is 10.3. The average Bonchev–Trinajstić information content (AvgIpc) is 3.17. The Morgan fingerprint density at radius 3 is 3.00 bits per heavy atom. The van der Waals surface area contributed by atoms with Crippen LogP contribution in [0, 0.1) is 5.82 Å². The van der Waals surface area contributed by atoms with Crippen molar-refractivity contribution >= 4 is 27.5 Å². The van der Waals surface area contributed by atoms with Crippen LogP contribution >= 0.6 is 11.3 Å². The summed E-state index contributed by atoms with van der Waals surface area (Å²) < 4.78 is 27.0. The highest BCUT2D eigenvalue weighted by Crippen LogP contribution is 2.20. The van der Waals surface area contributed by atoms with Crippen LogP contribution in [0.25, 0.3) is 10.2 Å². The van der Waals surface area contributed by atoms with E-state index in [-0.39, 0.29) is 11.6 Å². The van der Waals surface area contributed by atoms with Gasteiger partial charge in [-0.2, -0.15) is 4.99 Å². The fraction of sp³-hybridized carbons (Fsp3) is 0.250. The first-order chi connectivity index (χ1) is 11.2. The number of rotatable bonds is 5. The molecule has 0 saturated carbocycles. The number of hydrogen-bond donors (Lipinski definition) is 0. The third kappa shape index (κ3) is 3.25. The minimum absolute atomic E-state index is 0.152. The Morgan fingerprint density at radius 2 is 2.26 bits per heavy atom. The third-order valence-electron chi connectivity index (χ3n) is 3.24. The molecule has 0 unspecified atom stereocenters. The summed E-state index contributed by atoms with van der Waals surface area (Å²) in [6.45, 7) is 3.30. The summed E-state index contributed by atoms with van der Waals surface area (Å²) in [7, 11) is 0. The molecule has 5 nitrogen and oxygen atoms in total. The number of aromatic nitrogens is 1. The predicted molar refractivity (Wildman–Crippen MR) is 84.9 cm³/mol. The molecule has 0 radical (unpaired) electrons. The molecule has 7 heteroatoms. The van der Waals surface area contributed by atoms with Gasteiger partial charge in [0.15, 0.2) is 10.6 Å². The zero-order chi connectivity index (χ0) is 16.2. The van der Waals surface area contributed by atoms with Gasteiger partial charge in [-0.25, -0.2) is 4.39 Å². The Labute approximate surface area is 135 Å². The first kappa shape index (κ1) is 15.6. The Kier molecular flexibility index (Phi) is 4.68. The number of thiazole rings is 1. The molecule has 1 aromatic carbocycles. The minimum atomic E-state index is -0.493. The van der Waals surface area contributed by atoms with Gasteiger partial charge in [0.1, 0.15) is 5.82 Å². The number of ether oxygens (including phenoxy) is 1. The number of fused-ring (bicyclic) bond motifs is 1. The van der Waals surface area contributed by atoms with E-state index >= 15 is 0 Å². The Bertz CT molecular complexity index is 881. The standard InChI is InChI=1S/C16H15FN2O3S/c1-2-21-10-8-19-14-11(17)5-3-7-13(14)23-16(19)18-15(20)12-6-4-9-22-12/h3-7,9H,2,8,10H2,1H3. The molecular weight excluding hydrogens is 319 g/mol. The average molecular weight is 334 g/mol. The molecular formula is C16H15FN2O3S. The van der Waals surface area contributed by atoms with Crippen LogP contribution in [-0.2, 0) is 11.3 Å². The van der Waals surface area contributed by atoms with Crippen molar-refractivity contribution in [3.8, 4) is 0 Å². The van der Waals surface area contributed by atoms with Crippen LogP contribution in [0.5, 0.6) is 0 Å². The number of furan rings is 1. The van der Waals surface area contributed by atoms with Crippen LogP contribution in [0.4, 0.5) is 4.39 Å². The van der Waals surface area contributed by atoms with Gasteiger partial charge in [-0.1, -0.05) is 17.4 Å². The van der Waals surface area contributed by atoms with Gasteiger partial charge in [0, 0.05) is 13.2 Å². The molecule has 0 atom stereocenters. The maximum Gasteiger partial charge on any atom is 0.315 e. The molecule has 2 aromatic heterocycles. The summed E-state index contributed by atoms with van der Waals surface area (Å²) in [5.74, 6) is -0.687. The summed E-state index contributed by atoms with van der Waals surface area (Å²) >= 11 is 1.26. The van der Waals surface area contributed by atoms with Gasteiger partial charge in [0.05, 0.1) is 23.1 Å². The van der Waals surface area contributed by atoms with E-state index in [1.54, 1.807) is 28.8 Å². The smallest absolute Gasteiger partial charge is 0.315 e. The van der Waals surface area contributed by atoms with Crippen LogP contribution in [0.1, 0.15) is 17.5 Å². The number of benzene rings is 1. The summed E-state index contributed by atoms with van der Waals surface area (Å²) in [4.78, 5) is 16.6. The molecule has 120 valence electrons. The van der Waals surface area contributed by atoms with Gasteiger partial charge in [-0.15, -0.1) is 0 Å². The van der Waals surface area contributed by atoms with Gasteiger partial charge in [0.25, 0.3) is 0 Å². The molecule has 0 N–H and O–H groups in total. The molecule has 0 aliphatic rings. The molecule has 23 heavy (non-hydrogen) atoms. The SMILES string of the molecule is CCOCCn1c(=NC(=O)c2ccco2)sc2cccc(F)c21. The van der Waals surface area contributed by atoms with Crippen molar-refractivity contribution in [1.29, 1.82) is 0 Å².